The van der Waals surface area contributed by atoms with Crippen molar-refractivity contribution in [2.24, 2.45) is 5.84 Å². The minimum atomic E-state index is 0.784. The van der Waals surface area contributed by atoms with Crippen molar-refractivity contribution in [3.8, 4) is 0 Å². The summed E-state index contributed by atoms with van der Waals surface area (Å²) < 4.78 is 0. The van der Waals surface area contributed by atoms with E-state index in [4.69, 9.17) is 5.84 Å². The number of nitrogen functional groups attached to an aromatic ring is 1. The van der Waals surface area contributed by atoms with Crippen LogP contribution in [-0.2, 0) is 12.2 Å². The van der Waals surface area contributed by atoms with E-state index in [9.17, 15) is 0 Å². The second-order valence-corrected chi connectivity index (χ2v) is 6.06. The first-order valence-corrected chi connectivity index (χ1v) is 7.74. The molecular weight excluding hydrogens is 244 g/mol. The van der Waals surface area contributed by atoms with Crippen molar-refractivity contribution in [1.82, 2.24) is 9.97 Å². The summed E-state index contributed by atoms with van der Waals surface area (Å²) in [4.78, 5) is 9.10. The first kappa shape index (κ1) is 13.6. The number of hydrogen-bond acceptors (Lipinski definition) is 5. The third-order valence-corrected chi connectivity index (χ3v) is 4.87. The molecule has 0 bridgehead atoms. The van der Waals surface area contributed by atoms with Gasteiger partial charge in [0.05, 0.1) is 5.75 Å². The molecule has 1 fully saturated rings. The third-order valence-electron chi connectivity index (χ3n) is 3.50. The van der Waals surface area contributed by atoms with Crippen LogP contribution in [0.2, 0.25) is 0 Å². The van der Waals surface area contributed by atoms with Gasteiger partial charge in [0.2, 0.25) is 0 Å². The monoisotopic (exact) mass is 266 g/mol. The first-order chi connectivity index (χ1) is 8.74. The maximum absolute atomic E-state index is 5.54. The Morgan fingerprint density at radius 3 is 2.67 bits per heavy atom. The topological polar surface area (TPSA) is 63.8 Å². The van der Waals surface area contributed by atoms with Gasteiger partial charge in [-0.25, -0.2) is 15.8 Å². The van der Waals surface area contributed by atoms with Crippen LogP contribution in [0, 0.1) is 6.92 Å². The molecule has 2 rings (SSSR count). The number of nitrogens with two attached hydrogens (primary N) is 1. The van der Waals surface area contributed by atoms with Gasteiger partial charge in [-0.3, -0.25) is 0 Å². The largest absolute Gasteiger partial charge is 0.308 e. The van der Waals surface area contributed by atoms with E-state index >= 15 is 0 Å². The first-order valence-electron chi connectivity index (χ1n) is 6.69. The van der Waals surface area contributed by atoms with Gasteiger partial charge in [-0.2, -0.15) is 11.8 Å². The van der Waals surface area contributed by atoms with Crippen LogP contribution in [0.5, 0.6) is 0 Å². The highest BCUT2D eigenvalue weighted by molar-refractivity contribution is 7.99. The van der Waals surface area contributed by atoms with Crippen LogP contribution < -0.4 is 11.3 Å². The highest BCUT2D eigenvalue weighted by Crippen LogP contribution is 2.31. The van der Waals surface area contributed by atoms with Crippen molar-refractivity contribution >= 4 is 17.6 Å². The van der Waals surface area contributed by atoms with Crippen LogP contribution in [0.4, 0.5) is 5.82 Å². The number of nitrogens with zero attached hydrogens (tertiary/aromatic N) is 2. The lowest BCUT2D eigenvalue weighted by atomic mass is 10.2. The Morgan fingerprint density at radius 2 is 2.06 bits per heavy atom. The Balaban J connectivity index is 2.05. The van der Waals surface area contributed by atoms with Crippen LogP contribution in [0.15, 0.2) is 0 Å². The van der Waals surface area contributed by atoms with Crippen molar-refractivity contribution in [3.05, 3.63) is 17.1 Å². The maximum Gasteiger partial charge on any atom is 0.147 e. The molecule has 1 aromatic heterocycles. The number of aromatic nitrogens is 2. The zero-order valence-corrected chi connectivity index (χ0v) is 12.0. The van der Waals surface area contributed by atoms with Gasteiger partial charge in [-0.05, 0) is 26.2 Å². The summed E-state index contributed by atoms with van der Waals surface area (Å²) in [6.45, 7) is 4.13. The molecule has 4 nitrogen and oxygen atoms in total. The molecule has 0 aliphatic heterocycles. The Labute approximate surface area is 113 Å². The van der Waals surface area contributed by atoms with Crippen molar-refractivity contribution in [1.29, 1.82) is 0 Å². The molecule has 1 aliphatic rings. The second kappa shape index (κ2) is 6.38. The summed E-state index contributed by atoms with van der Waals surface area (Å²) in [5.74, 6) is 8.11. The molecule has 18 heavy (non-hydrogen) atoms. The van der Waals surface area contributed by atoms with Crippen LogP contribution in [0.1, 0.15) is 49.7 Å². The molecule has 0 unspecified atom stereocenters. The highest BCUT2D eigenvalue weighted by atomic mass is 32.2. The second-order valence-electron chi connectivity index (χ2n) is 4.77. The molecule has 0 saturated heterocycles. The Hall–Kier alpha value is -0.810. The number of rotatable bonds is 5. The number of aryl methyl sites for hydroxylation is 1. The molecule has 5 heteroatoms. The average Bonchev–Trinajstić information content (AvgIpc) is 2.88. The summed E-state index contributed by atoms with van der Waals surface area (Å²) in [7, 11) is 0. The molecule has 1 aliphatic carbocycles. The third kappa shape index (κ3) is 3.14. The standard InChI is InChI=1S/C13H22N4S/c1-3-11-9(2)15-12(16-13(11)17-14)8-18-10-6-4-5-7-10/h10H,3-8,14H2,1-2H3,(H,15,16,17). The molecule has 3 N–H and O–H groups in total. The smallest absolute Gasteiger partial charge is 0.147 e. The molecule has 1 heterocycles. The summed E-state index contributed by atoms with van der Waals surface area (Å²) in [5.41, 5.74) is 4.86. The van der Waals surface area contributed by atoms with Gasteiger partial charge in [0.1, 0.15) is 11.6 Å². The van der Waals surface area contributed by atoms with Crippen LogP contribution in [0.25, 0.3) is 0 Å². The van der Waals surface area contributed by atoms with Gasteiger partial charge in [0.15, 0.2) is 0 Å². The Morgan fingerprint density at radius 1 is 1.33 bits per heavy atom. The predicted molar refractivity (Wildman–Crippen MR) is 77.5 cm³/mol. The van der Waals surface area contributed by atoms with E-state index < -0.39 is 0 Å². The van der Waals surface area contributed by atoms with Crippen LogP contribution >= 0.6 is 11.8 Å². The molecule has 0 radical (unpaired) electrons. The number of thioether (sulfide) groups is 1. The normalized spacial score (nSPS) is 16.2. The minimum absolute atomic E-state index is 0.784. The number of hydrazine groups is 1. The van der Waals surface area contributed by atoms with E-state index in [1.807, 2.05) is 18.7 Å². The molecule has 1 aromatic rings. The fourth-order valence-electron chi connectivity index (χ4n) is 2.51. The number of anilines is 1. The van der Waals surface area contributed by atoms with Crippen molar-refractivity contribution < 1.29 is 0 Å². The molecular formula is C13H22N4S. The van der Waals surface area contributed by atoms with Gasteiger partial charge in [0.25, 0.3) is 0 Å². The van der Waals surface area contributed by atoms with E-state index in [1.54, 1.807) is 0 Å². The lowest BCUT2D eigenvalue weighted by molar-refractivity contribution is 0.886. The number of hydrogen-bond donors (Lipinski definition) is 2. The highest BCUT2D eigenvalue weighted by Gasteiger charge is 2.16. The van der Waals surface area contributed by atoms with Gasteiger partial charge >= 0.3 is 0 Å². The molecule has 100 valence electrons. The zero-order valence-electron chi connectivity index (χ0n) is 11.2. The van der Waals surface area contributed by atoms with Gasteiger partial charge in [0, 0.05) is 16.5 Å². The quantitative estimate of drug-likeness (QED) is 0.634. The predicted octanol–water partition coefficient (Wildman–Crippen LogP) is 2.81. The lowest BCUT2D eigenvalue weighted by Crippen LogP contribution is -2.14. The van der Waals surface area contributed by atoms with E-state index in [1.165, 1.54) is 25.7 Å². The maximum atomic E-state index is 5.54. The molecule has 0 amide bonds. The SMILES string of the molecule is CCc1c(C)nc(CSC2CCCC2)nc1NN. The Kier molecular flexibility index (Phi) is 4.83. The van der Waals surface area contributed by atoms with Crippen molar-refractivity contribution in [3.63, 3.8) is 0 Å². The Bertz CT molecular complexity index is 402. The fraction of sp³-hybridized carbons (Fsp3) is 0.692. The van der Waals surface area contributed by atoms with Gasteiger partial charge < -0.3 is 5.43 Å². The average molecular weight is 266 g/mol. The molecule has 0 aromatic carbocycles. The fourth-order valence-corrected chi connectivity index (χ4v) is 3.69. The van der Waals surface area contributed by atoms with Crippen LogP contribution in [-0.4, -0.2) is 15.2 Å². The van der Waals surface area contributed by atoms with Crippen molar-refractivity contribution in [2.45, 2.75) is 57.0 Å². The molecule has 0 spiro atoms. The van der Waals surface area contributed by atoms with Crippen LogP contribution in [0.3, 0.4) is 0 Å². The van der Waals surface area contributed by atoms with Gasteiger partial charge in [-0.15, -0.1) is 0 Å². The minimum Gasteiger partial charge on any atom is -0.308 e. The van der Waals surface area contributed by atoms with Crippen molar-refractivity contribution in [2.75, 3.05) is 5.43 Å². The lowest BCUT2D eigenvalue weighted by Gasteiger charge is -2.12. The zero-order chi connectivity index (χ0) is 13.0. The van der Waals surface area contributed by atoms with E-state index in [2.05, 4.69) is 22.3 Å². The number of nitrogens with one attached hydrogen (secondary N) is 1. The summed E-state index contributed by atoms with van der Waals surface area (Å²) in [5, 5.41) is 0.800. The summed E-state index contributed by atoms with van der Waals surface area (Å²) >= 11 is 1.98. The molecule has 0 atom stereocenters. The van der Waals surface area contributed by atoms with E-state index in [0.29, 0.717) is 0 Å². The van der Waals surface area contributed by atoms with Gasteiger partial charge in [-0.1, -0.05) is 19.8 Å². The van der Waals surface area contributed by atoms with E-state index in [-0.39, 0.29) is 0 Å². The summed E-state index contributed by atoms with van der Waals surface area (Å²) in [6, 6.07) is 0. The summed E-state index contributed by atoms with van der Waals surface area (Å²) in [6.07, 6.45) is 6.35. The van der Waals surface area contributed by atoms with E-state index in [0.717, 1.165) is 40.3 Å². The molecule has 1 saturated carbocycles.